The highest BCUT2D eigenvalue weighted by molar-refractivity contribution is 7.99. The highest BCUT2D eigenvalue weighted by atomic mass is 32.2. The summed E-state index contributed by atoms with van der Waals surface area (Å²) in [5, 5.41) is 4.25. The average molecular weight is 265 g/mol. The zero-order chi connectivity index (χ0) is 12.5. The number of nitrogen functional groups attached to an aromatic ring is 1. The van der Waals surface area contributed by atoms with Crippen LogP contribution in [0.3, 0.4) is 0 Å². The summed E-state index contributed by atoms with van der Waals surface area (Å²) in [7, 11) is 0. The lowest BCUT2D eigenvalue weighted by molar-refractivity contribution is 0.421. The lowest BCUT2D eigenvalue weighted by Gasteiger charge is -2.01. The summed E-state index contributed by atoms with van der Waals surface area (Å²) in [4.78, 5) is 4.32. The van der Waals surface area contributed by atoms with Crippen LogP contribution in [0.1, 0.15) is 23.9 Å². The van der Waals surface area contributed by atoms with Crippen LogP contribution in [0, 0.1) is 5.82 Å². The maximum Gasteiger partial charge on any atom is 0.260 e. The maximum atomic E-state index is 13.4. The van der Waals surface area contributed by atoms with Gasteiger partial charge in [-0.2, -0.15) is 16.7 Å². The molecule has 1 atom stereocenters. The Morgan fingerprint density at radius 1 is 1.44 bits per heavy atom. The number of para-hydroxylation sites is 1. The summed E-state index contributed by atoms with van der Waals surface area (Å²) in [5.41, 5.74) is 6.17. The molecule has 2 aromatic rings. The monoisotopic (exact) mass is 265 g/mol. The molecule has 1 aromatic heterocycles. The van der Waals surface area contributed by atoms with Gasteiger partial charge in [0.05, 0.1) is 16.5 Å². The molecule has 0 spiro atoms. The third kappa shape index (κ3) is 1.96. The molecule has 18 heavy (non-hydrogen) atoms. The number of thioether (sulfide) groups is 1. The normalized spacial score (nSPS) is 19.3. The first kappa shape index (κ1) is 11.5. The van der Waals surface area contributed by atoms with Crippen LogP contribution >= 0.6 is 11.8 Å². The molecule has 6 heteroatoms. The summed E-state index contributed by atoms with van der Waals surface area (Å²) in [6.45, 7) is 0. The SMILES string of the molecule is Nc1c(F)cccc1-c1nc(C2CCCS2)no1. The smallest absolute Gasteiger partial charge is 0.260 e. The molecule has 0 amide bonds. The molecule has 0 bridgehead atoms. The van der Waals surface area contributed by atoms with E-state index in [1.165, 1.54) is 12.5 Å². The van der Waals surface area contributed by atoms with Gasteiger partial charge in [0.15, 0.2) is 5.82 Å². The zero-order valence-corrected chi connectivity index (χ0v) is 10.4. The van der Waals surface area contributed by atoms with Gasteiger partial charge in [-0.05, 0) is 30.7 Å². The Balaban J connectivity index is 1.95. The molecule has 4 nitrogen and oxygen atoms in total. The molecule has 3 rings (SSSR count). The standard InChI is InChI=1S/C12H12FN3OS/c13-8-4-1-3-7(10(8)14)12-15-11(16-17-12)9-5-2-6-18-9/h1,3-4,9H,2,5-6,14H2. The zero-order valence-electron chi connectivity index (χ0n) is 9.60. The van der Waals surface area contributed by atoms with E-state index in [1.54, 1.807) is 12.1 Å². The molecule has 2 N–H and O–H groups in total. The van der Waals surface area contributed by atoms with Gasteiger partial charge in [-0.15, -0.1) is 0 Å². The minimum atomic E-state index is -0.470. The van der Waals surface area contributed by atoms with Gasteiger partial charge in [0.2, 0.25) is 0 Å². The fraction of sp³-hybridized carbons (Fsp3) is 0.333. The van der Waals surface area contributed by atoms with Crippen molar-refractivity contribution in [3.63, 3.8) is 0 Å². The molecule has 2 heterocycles. The van der Waals surface area contributed by atoms with Crippen LogP contribution in [0.4, 0.5) is 10.1 Å². The van der Waals surface area contributed by atoms with Crippen molar-refractivity contribution in [3.8, 4) is 11.5 Å². The predicted molar refractivity (Wildman–Crippen MR) is 68.5 cm³/mol. The van der Waals surface area contributed by atoms with Crippen molar-refractivity contribution in [3.05, 3.63) is 29.8 Å². The average Bonchev–Trinajstić information content (AvgIpc) is 3.01. The second kappa shape index (κ2) is 4.61. The fourth-order valence-electron chi connectivity index (χ4n) is 1.98. The Morgan fingerprint density at radius 2 is 2.33 bits per heavy atom. The number of hydrogen-bond acceptors (Lipinski definition) is 5. The molecular weight excluding hydrogens is 253 g/mol. The molecule has 1 aliphatic rings. The summed E-state index contributed by atoms with van der Waals surface area (Å²) in [6.07, 6.45) is 2.23. The Labute approximate surface area is 108 Å². The number of hydrogen-bond donors (Lipinski definition) is 1. The molecular formula is C12H12FN3OS. The van der Waals surface area contributed by atoms with E-state index in [2.05, 4.69) is 10.1 Å². The summed E-state index contributed by atoms with van der Waals surface area (Å²) in [5.74, 6) is 1.62. The van der Waals surface area contributed by atoms with Crippen molar-refractivity contribution >= 4 is 17.4 Å². The fourth-order valence-corrected chi connectivity index (χ4v) is 3.18. The molecule has 94 valence electrons. The van der Waals surface area contributed by atoms with Gasteiger partial charge in [0.1, 0.15) is 5.82 Å². The van der Waals surface area contributed by atoms with E-state index in [1.807, 2.05) is 11.8 Å². The minimum absolute atomic E-state index is 0.0479. The molecule has 1 fully saturated rings. The van der Waals surface area contributed by atoms with Crippen LogP contribution in [-0.4, -0.2) is 15.9 Å². The van der Waals surface area contributed by atoms with Gasteiger partial charge in [0, 0.05) is 0 Å². The molecule has 0 saturated carbocycles. The molecule has 1 unspecified atom stereocenters. The van der Waals surface area contributed by atoms with Crippen molar-refractivity contribution in [2.75, 3.05) is 11.5 Å². The third-order valence-electron chi connectivity index (χ3n) is 2.94. The largest absolute Gasteiger partial charge is 0.396 e. The van der Waals surface area contributed by atoms with Crippen molar-refractivity contribution in [2.24, 2.45) is 0 Å². The van der Waals surface area contributed by atoms with Gasteiger partial charge in [-0.3, -0.25) is 0 Å². The maximum absolute atomic E-state index is 13.4. The number of halogens is 1. The van der Waals surface area contributed by atoms with Gasteiger partial charge in [-0.25, -0.2) is 4.39 Å². The van der Waals surface area contributed by atoms with Crippen LogP contribution in [0.25, 0.3) is 11.5 Å². The van der Waals surface area contributed by atoms with Crippen molar-refractivity contribution in [1.82, 2.24) is 10.1 Å². The number of aromatic nitrogens is 2. The number of nitrogens with zero attached hydrogens (tertiary/aromatic N) is 2. The van der Waals surface area contributed by atoms with E-state index in [4.69, 9.17) is 10.3 Å². The van der Waals surface area contributed by atoms with E-state index in [-0.39, 0.29) is 16.8 Å². The van der Waals surface area contributed by atoms with Crippen LogP contribution in [0.15, 0.2) is 22.7 Å². The summed E-state index contributed by atoms with van der Waals surface area (Å²) >= 11 is 1.82. The Morgan fingerprint density at radius 3 is 3.11 bits per heavy atom. The van der Waals surface area contributed by atoms with E-state index < -0.39 is 5.82 Å². The molecule has 1 saturated heterocycles. The van der Waals surface area contributed by atoms with Crippen LogP contribution in [0.2, 0.25) is 0 Å². The molecule has 0 radical (unpaired) electrons. The first-order valence-electron chi connectivity index (χ1n) is 5.75. The number of nitrogens with two attached hydrogens (primary N) is 1. The predicted octanol–water partition coefficient (Wildman–Crippen LogP) is 3.03. The highest BCUT2D eigenvalue weighted by Gasteiger charge is 2.24. The summed E-state index contributed by atoms with van der Waals surface area (Å²) < 4.78 is 18.5. The van der Waals surface area contributed by atoms with E-state index in [9.17, 15) is 4.39 Å². The third-order valence-corrected chi connectivity index (χ3v) is 4.32. The summed E-state index contributed by atoms with van der Waals surface area (Å²) in [6, 6.07) is 4.57. The van der Waals surface area contributed by atoms with Crippen LogP contribution in [0.5, 0.6) is 0 Å². The minimum Gasteiger partial charge on any atom is -0.396 e. The van der Waals surface area contributed by atoms with Gasteiger partial charge in [0.25, 0.3) is 5.89 Å². The lowest BCUT2D eigenvalue weighted by atomic mass is 10.1. The number of rotatable bonds is 2. The van der Waals surface area contributed by atoms with Crippen molar-refractivity contribution in [2.45, 2.75) is 18.1 Å². The van der Waals surface area contributed by atoms with Gasteiger partial charge >= 0.3 is 0 Å². The number of anilines is 1. The Bertz CT molecular complexity index is 566. The lowest BCUT2D eigenvalue weighted by Crippen LogP contribution is -1.95. The van der Waals surface area contributed by atoms with E-state index in [0.717, 1.165) is 12.2 Å². The van der Waals surface area contributed by atoms with E-state index >= 15 is 0 Å². The quantitative estimate of drug-likeness (QED) is 0.845. The topological polar surface area (TPSA) is 64.9 Å². The first-order chi connectivity index (χ1) is 8.75. The number of benzene rings is 1. The molecule has 1 aliphatic heterocycles. The Kier molecular flexibility index (Phi) is 2.95. The second-order valence-corrected chi connectivity index (χ2v) is 5.47. The van der Waals surface area contributed by atoms with E-state index in [0.29, 0.717) is 11.4 Å². The van der Waals surface area contributed by atoms with Gasteiger partial charge in [-0.1, -0.05) is 11.2 Å². The van der Waals surface area contributed by atoms with Crippen molar-refractivity contribution in [1.29, 1.82) is 0 Å². The highest BCUT2D eigenvalue weighted by Crippen LogP contribution is 2.39. The molecule has 1 aromatic carbocycles. The first-order valence-corrected chi connectivity index (χ1v) is 6.80. The Hall–Kier alpha value is -1.56. The molecule has 0 aliphatic carbocycles. The van der Waals surface area contributed by atoms with Crippen LogP contribution in [-0.2, 0) is 0 Å². The van der Waals surface area contributed by atoms with Crippen molar-refractivity contribution < 1.29 is 8.91 Å². The second-order valence-electron chi connectivity index (χ2n) is 4.16. The van der Waals surface area contributed by atoms with Crippen LogP contribution < -0.4 is 5.73 Å². The van der Waals surface area contributed by atoms with Gasteiger partial charge < -0.3 is 10.3 Å².